The van der Waals surface area contributed by atoms with Crippen molar-refractivity contribution < 1.29 is 0 Å². The van der Waals surface area contributed by atoms with Crippen molar-refractivity contribution in [1.82, 2.24) is 0 Å². The van der Waals surface area contributed by atoms with E-state index in [9.17, 15) is 0 Å². The van der Waals surface area contributed by atoms with Gasteiger partial charge in [-0.15, -0.1) is 0 Å². The van der Waals surface area contributed by atoms with E-state index in [1.54, 1.807) is 0 Å². The Bertz CT molecular complexity index is 2890. The molecule has 1 aliphatic heterocycles. The minimum absolute atomic E-state index is 0.896. The van der Waals surface area contributed by atoms with Gasteiger partial charge < -0.3 is 4.90 Å². The Hall–Kier alpha value is -6.74. The van der Waals surface area contributed by atoms with Gasteiger partial charge in [-0.05, 0) is 106 Å². The quantitative estimate of drug-likeness (QED) is 0.160. The Kier molecular flexibility index (Phi) is 7.33. The van der Waals surface area contributed by atoms with Gasteiger partial charge in [0.05, 0.1) is 0 Å². The Morgan fingerprint density at radius 3 is 1.85 bits per heavy atom. The van der Waals surface area contributed by atoms with Gasteiger partial charge in [-0.2, -0.15) is 0 Å². The summed E-state index contributed by atoms with van der Waals surface area (Å²) < 4.78 is 0. The lowest BCUT2D eigenvalue weighted by atomic mass is 9.91. The molecule has 9 aromatic carbocycles. The Morgan fingerprint density at radius 2 is 1.09 bits per heavy atom. The molecule has 0 radical (unpaired) electrons. The number of nitrogens with zero attached hydrogens (tertiary/aromatic N) is 1. The van der Waals surface area contributed by atoms with Crippen LogP contribution in [0.3, 0.4) is 0 Å². The molecular formula is C53H37NSi. The van der Waals surface area contributed by atoms with E-state index in [4.69, 9.17) is 0 Å². The molecule has 258 valence electrons. The maximum atomic E-state index is 2.57. The highest BCUT2D eigenvalue weighted by molar-refractivity contribution is 7.21. The molecule has 0 unspecified atom stereocenters. The number of benzene rings is 9. The summed E-state index contributed by atoms with van der Waals surface area (Å²) in [7, 11) is -2.96. The van der Waals surface area contributed by atoms with Gasteiger partial charge in [-0.1, -0.05) is 188 Å². The third-order valence-corrected chi connectivity index (χ3v) is 16.8. The zero-order valence-electron chi connectivity index (χ0n) is 30.4. The zero-order valence-corrected chi connectivity index (χ0v) is 31.4. The number of hydrogen-bond acceptors (Lipinski definition) is 1. The smallest absolute Gasteiger partial charge is 0.184 e. The fraction of sp³-hybridized carbons (Fsp3) is 0.0189. The molecule has 0 amide bonds. The molecule has 1 aliphatic carbocycles. The summed E-state index contributed by atoms with van der Waals surface area (Å²) in [6.07, 6.45) is 5.60. The molecule has 0 N–H and O–H groups in total. The Labute approximate surface area is 323 Å². The van der Waals surface area contributed by atoms with Gasteiger partial charge in [0.1, 0.15) is 0 Å². The Balaban J connectivity index is 1.26. The van der Waals surface area contributed by atoms with E-state index >= 15 is 0 Å². The van der Waals surface area contributed by atoms with Gasteiger partial charge in [0.25, 0.3) is 0 Å². The van der Waals surface area contributed by atoms with Crippen molar-refractivity contribution in [2.45, 2.75) is 6.42 Å². The average Bonchev–Trinajstić information content (AvgIpc) is 3.26. The Morgan fingerprint density at radius 1 is 0.455 bits per heavy atom. The molecule has 0 saturated carbocycles. The summed E-state index contributed by atoms with van der Waals surface area (Å²) in [6.45, 7) is 0. The first kappa shape index (κ1) is 31.8. The second-order valence-corrected chi connectivity index (χ2v) is 18.5. The minimum atomic E-state index is -2.96. The predicted molar refractivity (Wildman–Crippen MR) is 237 cm³/mol. The maximum absolute atomic E-state index is 2.96. The van der Waals surface area contributed by atoms with Crippen LogP contribution in [-0.2, 0) is 6.42 Å². The molecule has 1 nitrogen and oxygen atoms in total. The number of allylic oxidation sites excluding steroid dienone is 1. The normalized spacial score (nSPS) is 13.8. The van der Waals surface area contributed by atoms with Crippen LogP contribution in [0.25, 0.3) is 49.9 Å². The van der Waals surface area contributed by atoms with E-state index < -0.39 is 8.07 Å². The van der Waals surface area contributed by atoms with E-state index in [-0.39, 0.29) is 0 Å². The highest BCUT2D eigenvalue weighted by Gasteiger charge is 2.50. The fourth-order valence-electron chi connectivity index (χ4n) is 9.59. The summed E-state index contributed by atoms with van der Waals surface area (Å²) in [5, 5.41) is 10.9. The molecular weight excluding hydrogens is 679 g/mol. The van der Waals surface area contributed by atoms with Crippen molar-refractivity contribution in [2.75, 3.05) is 4.90 Å². The van der Waals surface area contributed by atoms with E-state index in [2.05, 4.69) is 217 Å². The maximum Gasteiger partial charge on any atom is 0.184 e. The molecule has 0 bridgehead atoms. The molecule has 2 heteroatoms. The van der Waals surface area contributed by atoms with Crippen molar-refractivity contribution in [3.8, 4) is 22.3 Å². The average molecular weight is 716 g/mol. The van der Waals surface area contributed by atoms with E-state index in [1.165, 1.54) is 87.0 Å². The highest BCUT2D eigenvalue weighted by Crippen LogP contribution is 2.44. The number of fused-ring (bicyclic) bond motifs is 4. The second-order valence-electron chi connectivity index (χ2n) is 14.8. The SMILES string of the molecule is C1=Cc2cccc3cc4c(c(c23)C1)[Si](c1ccccc1)(c1ccccc1)c1cc(-c2ccccc2)ccc1N4c1ccc(-c2cccc3ccccc23)cc1. The summed E-state index contributed by atoms with van der Waals surface area (Å²) >= 11 is 0. The molecule has 0 fully saturated rings. The van der Waals surface area contributed by atoms with Crippen molar-refractivity contribution in [1.29, 1.82) is 0 Å². The summed E-state index contributed by atoms with van der Waals surface area (Å²) in [5.41, 5.74) is 11.4. The topological polar surface area (TPSA) is 3.24 Å². The van der Waals surface area contributed by atoms with Crippen LogP contribution in [0.5, 0.6) is 0 Å². The molecule has 11 rings (SSSR count). The van der Waals surface area contributed by atoms with Gasteiger partial charge in [0.2, 0.25) is 0 Å². The van der Waals surface area contributed by atoms with E-state index in [1.807, 2.05) is 0 Å². The van der Waals surface area contributed by atoms with Crippen molar-refractivity contribution in [3.05, 3.63) is 217 Å². The molecule has 2 aliphatic rings. The number of hydrogen-bond donors (Lipinski definition) is 0. The first-order valence-corrected chi connectivity index (χ1v) is 21.2. The van der Waals surface area contributed by atoms with Gasteiger partial charge in [0.15, 0.2) is 8.07 Å². The van der Waals surface area contributed by atoms with Crippen LogP contribution in [0.15, 0.2) is 206 Å². The first-order valence-electron chi connectivity index (χ1n) is 19.2. The molecule has 0 saturated heterocycles. The number of rotatable bonds is 5. The van der Waals surface area contributed by atoms with Gasteiger partial charge >= 0.3 is 0 Å². The molecule has 9 aromatic rings. The van der Waals surface area contributed by atoms with Crippen molar-refractivity contribution >= 4 is 73.5 Å². The standard InChI is InChI=1S/C53H37NSi/c1-4-15-37(16-5-1)41-31-34-49-51(36-41)55(44-22-6-2-7-23-44,45-24-8-3-9-25-45)53-48-28-14-20-40-19-12-21-42(52(40)48)35-50(53)54(49)43-32-29-39(30-33-43)47-27-13-18-38-17-10-11-26-46(38)47/h1-27,29-36H,28H2. The highest BCUT2D eigenvalue weighted by atomic mass is 28.3. The van der Waals surface area contributed by atoms with Gasteiger partial charge in [-0.25, -0.2) is 0 Å². The van der Waals surface area contributed by atoms with Crippen LogP contribution < -0.4 is 25.6 Å². The molecule has 1 heterocycles. The molecule has 0 spiro atoms. The predicted octanol–water partition coefficient (Wildman–Crippen LogP) is 11.1. The third-order valence-electron chi connectivity index (χ3n) is 11.9. The van der Waals surface area contributed by atoms with Crippen LogP contribution in [-0.4, -0.2) is 8.07 Å². The lowest BCUT2D eigenvalue weighted by Crippen LogP contribution is -2.77. The minimum Gasteiger partial charge on any atom is -0.311 e. The van der Waals surface area contributed by atoms with Crippen LogP contribution in [0, 0.1) is 0 Å². The molecule has 0 aromatic heterocycles. The summed E-state index contributed by atoms with van der Waals surface area (Å²) in [6, 6.07) is 75.0. The third kappa shape index (κ3) is 4.85. The summed E-state index contributed by atoms with van der Waals surface area (Å²) in [4.78, 5) is 2.57. The van der Waals surface area contributed by atoms with Gasteiger partial charge in [-0.3, -0.25) is 0 Å². The summed E-state index contributed by atoms with van der Waals surface area (Å²) in [5.74, 6) is 0. The molecule has 55 heavy (non-hydrogen) atoms. The number of anilines is 3. The van der Waals surface area contributed by atoms with Crippen LogP contribution in [0.2, 0.25) is 0 Å². The van der Waals surface area contributed by atoms with Gasteiger partial charge in [0, 0.05) is 17.1 Å². The van der Waals surface area contributed by atoms with Crippen LogP contribution >= 0.6 is 0 Å². The monoisotopic (exact) mass is 715 g/mol. The van der Waals surface area contributed by atoms with Crippen molar-refractivity contribution in [3.63, 3.8) is 0 Å². The van der Waals surface area contributed by atoms with Crippen molar-refractivity contribution in [2.24, 2.45) is 0 Å². The van der Waals surface area contributed by atoms with Crippen LogP contribution in [0.1, 0.15) is 11.1 Å². The first-order chi connectivity index (χ1) is 27.3. The molecule has 0 atom stereocenters. The lowest BCUT2D eigenvalue weighted by molar-refractivity contribution is 1.26. The second kappa shape index (κ2) is 12.7. The largest absolute Gasteiger partial charge is 0.311 e. The van der Waals surface area contributed by atoms with E-state index in [0.717, 1.165) is 12.1 Å². The zero-order chi connectivity index (χ0) is 36.3. The lowest BCUT2D eigenvalue weighted by Gasteiger charge is -2.47. The fourth-order valence-corrected chi connectivity index (χ4v) is 15.0. The van der Waals surface area contributed by atoms with Crippen LogP contribution in [0.4, 0.5) is 17.1 Å². The van der Waals surface area contributed by atoms with E-state index in [0.29, 0.717) is 0 Å².